The van der Waals surface area contributed by atoms with Crippen molar-refractivity contribution in [3.8, 4) is 11.1 Å². The predicted molar refractivity (Wildman–Crippen MR) is 133 cm³/mol. The van der Waals surface area contributed by atoms with Gasteiger partial charge in [-0.05, 0) is 34.6 Å². The summed E-state index contributed by atoms with van der Waals surface area (Å²) in [7, 11) is 0. The number of nitrogens with one attached hydrogen (secondary N) is 2. The summed E-state index contributed by atoms with van der Waals surface area (Å²) in [6, 6.07) is 16.3. The van der Waals surface area contributed by atoms with Crippen molar-refractivity contribution in [2.24, 2.45) is 11.8 Å². The summed E-state index contributed by atoms with van der Waals surface area (Å²) in [5, 5.41) is 14.8. The number of ether oxygens (including phenoxy) is 1. The molecule has 1 unspecified atom stereocenters. The van der Waals surface area contributed by atoms with E-state index in [1.165, 1.54) is 6.42 Å². The molecule has 2 aliphatic rings. The number of alkyl carbamates (subject to hydrolysis) is 1. The molecule has 0 heterocycles. The first kappa shape index (κ1) is 24.8. The topological polar surface area (TPSA) is 105 Å². The fourth-order valence-corrected chi connectivity index (χ4v) is 5.35. The van der Waals surface area contributed by atoms with E-state index in [0.717, 1.165) is 47.9 Å². The zero-order valence-corrected chi connectivity index (χ0v) is 20.0. The number of carboxylic acid groups (broad SMARTS) is 1. The molecule has 7 nitrogen and oxygen atoms in total. The number of rotatable bonds is 10. The Labute approximate surface area is 206 Å². The third-order valence-corrected chi connectivity index (χ3v) is 7.20. The molecule has 1 saturated carbocycles. The Kier molecular flexibility index (Phi) is 8.40. The van der Waals surface area contributed by atoms with Gasteiger partial charge in [0.2, 0.25) is 5.91 Å². The lowest BCUT2D eigenvalue weighted by molar-refractivity contribution is -0.142. The Morgan fingerprint density at radius 1 is 0.914 bits per heavy atom. The fourth-order valence-electron chi connectivity index (χ4n) is 5.35. The molecule has 4 rings (SSSR count). The second-order valence-corrected chi connectivity index (χ2v) is 9.58. The molecule has 3 N–H and O–H groups in total. The highest BCUT2D eigenvalue weighted by Gasteiger charge is 2.29. The minimum absolute atomic E-state index is 0.0198. The normalized spacial score (nSPS) is 16.1. The van der Waals surface area contributed by atoms with E-state index in [2.05, 4.69) is 34.9 Å². The van der Waals surface area contributed by atoms with Crippen LogP contribution in [0.15, 0.2) is 48.5 Å². The van der Waals surface area contributed by atoms with E-state index in [-0.39, 0.29) is 37.9 Å². The lowest BCUT2D eigenvalue weighted by Crippen LogP contribution is -2.36. The van der Waals surface area contributed by atoms with Gasteiger partial charge in [-0.15, -0.1) is 0 Å². The maximum Gasteiger partial charge on any atom is 0.407 e. The number of hydrogen-bond acceptors (Lipinski definition) is 4. The maximum absolute atomic E-state index is 12.2. The molecule has 35 heavy (non-hydrogen) atoms. The van der Waals surface area contributed by atoms with Crippen LogP contribution in [0.1, 0.15) is 62.0 Å². The van der Waals surface area contributed by atoms with E-state index in [1.807, 2.05) is 24.3 Å². The number of benzene rings is 2. The molecular formula is C28H34N2O5. The fraction of sp³-hybridized carbons (Fsp3) is 0.464. The summed E-state index contributed by atoms with van der Waals surface area (Å²) < 4.78 is 5.48. The molecule has 0 spiro atoms. The molecule has 0 saturated heterocycles. The smallest absolute Gasteiger partial charge is 0.407 e. The molecule has 2 aliphatic carbocycles. The van der Waals surface area contributed by atoms with E-state index in [0.29, 0.717) is 12.3 Å². The predicted octanol–water partition coefficient (Wildman–Crippen LogP) is 4.70. The zero-order valence-electron chi connectivity index (χ0n) is 20.0. The summed E-state index contributed by atoms with van der Waals surface area (Å²) in [6.07, 6.45) is 5.79. The van der Waals surface area contributed by atoms with Crippen LogP contribution in [0, 0.1) is 11.8 Å². The summed E-state index contributed by atoms with van der Waals surface area (Å²) in [6.45, 7) is 0.464. The van der Waals surface area contributed by atoms with Gasteiger partial charge in [0.15, 0.2) is 0 Å². The minimum atomic E-state index is -0.868. The monoisotopic (exact) mass is 478 g/mol. The maximum atomic E-state index is 12.2. The molecule has 186 valence electrons. The summed E-state index contributed by atoms with van der Waals surface area (Å²) in [4.78, 5) is 36.0. The number of carbonyl (C=O) groups is 3. The average molecular weight is 479 g/mol. The van der Waals surface area contributed by atoms with Gasteiger partial charge in [-0.2, -0.15) is 0 Å². The standard InChI is InChI=1S/C28H34N2O5/c31-26(30-17-20(27(32)33)16-19-8-2-1-3-9-19)14-15-29-28(34)35-18-25-23-12-6-4-10-21(23)22-11-5-7-13-24(22)25/h4-7,10-13,19-20,25H,1-3,8-9,14-18H2,(H,29,34)(H,30,31)(H,32,33). The van der Waals surface area contributed by atoms with Crippen LogP contribution in [0.5, 0.6) is 0 Å². The van der Waals surface area contributed by atoms with Crippen molar-refractivity contribution >= 4 is 18.0 Å². The van der Waals surface area contributed by atoms with Gasteiger partial charge < -0.3 is 20.5 Å². The number of carboxylic acids is 1. The van der Waals surface area contributed by atoms with E-state index >= 15 is 0 Å². The second kappa shape index (κ2) is 11.9. The van der Waals surface area contributed by atoms with Crippen LogP contribution in [0.4, 0.5) is 4.79 Å². The molecular weight excluding hydrogens is 444 g/mol. The van der Waals surface area contributed by atoms with Crippen molar-refractivity contribution in [2.45, 2.75) is 50.9 Å². The molecule has 7 heteroatoms. The van der Waals surface area contributed by atoms with Gasteiger partial charge in [-0.3, -0.25) is 9.59 Å². The molecule has 0 aromatic heterocycles. The Bertz CT molecular complexity index is 1000. The number of fused-ring (bicyclic) bond motifs is 3. The third kappa shape index (κ3) is 6.41. The molecule has 1 fully saturated rings. The average Bonchev–Trinajstić information content (AvgIpc) is 3.19. The number of carbonyl (C=O) groups excluding carboxylic acids is 2. The lowest BCUT2D eigenvalue weighted by atomic mass is 9.83. The number of hydrogen-bond donors (Lipinski definition) is 3. The van der Waals surface area contributed by atoms with Crippen LogP contribution in [-0.2, 0) is 14.3 Å². The highest BCUT2D eigenvalue weighted by Crippen LogP contribution is 2.44. The first-order valence-corrected chi connectivity index (χ1v) is 12.6. The molecule has 1 atom stereocenters. The van der Waals surface area contributed by atoms with Gasteiger partial charge >= 0.3 is 12.1 Å². The van der Waals surface area contributed by atoms with Gasteiger partial charge in [0.05, 0.1) is 5.92 Å². The lowest BCUT2D eigenvalue weighted by Gasteiger charge is -2.24. The van der Waals surface area contributed by atoms with Gasteiger partial charge in [-0.25, -0.2) is 4.79 Å². The Hall–Kier alpha value is -3.35. The van der Waals surface area contributed by atoms with E-state index in [1.54, 1.807) is 0 Å². The summed E-state index contributed by atoms with van der Waals surface area (Å²) in [5.41, 5.74) is 4.61. The van der Waals surface area contributed by atoms with Gasteiger partial charge in [0, 0.05) is 25.4 Å². The van der Waals surface area contributed by atoms with E-state index in [9.17, 15) is 19.5 Å². The SMILES string of the molecule is O=C(CCNC(=O)OCC1c2ccccc2-c2ccccc21)NCC(CC1CCCCC1)C(=O)O. The highest BCUT2D eigenvalue weighted by molar-refractivity contribution is 5.79. The van der Waals surface area contributed by atoms with Crippen LogP contribution in [0.25, 0.3) is 11.1 Å². The van der Waals surface area contributed by atoms with E-state index < -0.39 is 18.0 Å². The molecule has 0 aliphatic heterocycles. The zero-order chi connectivity index (χ0) is 24.6. The van der Waals surface area contributed by atoms with Crippen LogP contribution in [0.2, 0.25) is 0 Å². The molecule has 0 radical (unpaired) electrons. The first-order valence-electron chi connectivity index (χ1n) is 12.6. The Morgan fingerprint density at radius 3 is 2.17 bits per heavy atom. The van der Waals surface area contributed by atoms with Crippen molar-refractivity contribution in [3.05, 3.63) is 59.7 Å². The van der Waals surface area contributed by atoms with Crippen LogP contribution in [-0.4, -0.2) is 42.8 Å². The quantitative estimate of drug-likeness (QED) is 0.459. The minimum Gasteiger partial charge on any atom is -0.481 e. The van der Waals surface area contributed by atoms with Crippen molar-refractivity contribution in [3.63, 3.8) is 0 Å². The van der Waals surface area contributed by atoms with Crippen LogP contribution in [0.3, 0.4) is 0 Å². The largest absolute Gasteiger partial charge is 0.481 e. The van der Waals surface area contributed by atoms with Gasteiger partial charge in [0.1, 0.15) is 6.61 Å². The molecule has 2 amide bonds. The molecule has 0 bridgehead atoms. The molecule has 2 aromatic carbocycles. The highest BCUT2D eigenvalue weighted by atomic mass is 16.5. The molecule has 2 aromatic rings. The van der Waals surface area contributed by atoms with E-state index in [4.69, 9.17) is 4.74 Å². The van der Waals surface area contributed by atoms with Crippen molar-refractivity contribution in [2.75, 3.05) is 19.7 Å². The summed E-state index contributed by atoms with van der Waals surface area (Å²) >= 11 is 0. The van der Waals surface area contributed by atoms with Gasteiger partial charge in [-0.1, -0.05) is 80.6 Å². The van der Waals surface area contributed by atoms with Crippen LogP contribution >= 0.6 is 0 Å². The number of aliphatic carboxylic acids is 1. The third-order valence-electron chi connectivity index (χ3n) is 7.20. The Morgan fingerprint density at radius 2 is 1.54 bits per heavy atom. The van der Waals surface area contributed by atoms with Crippen LogP contribution < -0.4 is 10.6 Å². The first-order chi connectivity index (χ1) is 17.0. The summed E-state index contributed by atoms with van der Waals surface area (Å²) in [5.74, 6) is -1.31. The van der Waals surface area contributed by atoms with Crippen molar-refractivity contribution < 1.29 is 24.2 Å². The number of amides is 2. The Balaban J connectivity index is 1.18. The van der Waals surface area contributed by atoms with Crippen molar-refractivity contribution in [1.82, 2.24) is 10.6 Å². The van der Waals surface area contributed by atoms with Crippen molar-refractivity contribution in [1.29, 1.82) is 0 Å². The second-order valence-electron chi connectivity index (χ2n) is 9.58. The van der Waals surface area contributed by atoms with Gasteiger partial charge in [0.25, 0.3) is 0 Å².